The zero-order valence-corrected chi connectivity index (χ0v) is 10.3. The molecule has 0 bridgehead atoms. The fraction of sp³-hybridized carbons (Fsp3) is 0.500. The first-order chi connectivity index (χ1) is 7.49. The van der Waals surface area contributed by atoms with E-state index in [1.54, 1.807) is 0 Å². The molecule has 0 amide bonds. The molecule has 0 aliphatic rings. The second-order valence-electron chi connectivity index (χ2n) is 4.66. The summed E-state index contributed by atoms with van der Waals surface area (Å²) in [7, 11) is 0. The maximum absolute atomic E-state index is 10.5. The lowest BCUT2D eigenvalue weighted by molar-refractivity contribution is -0.138. The van der Waals surface area contributed by atoms with Gasteiger partial charge in [0.15, 0.2) is 0 Å². The van der Waals surface area contributed by atoms with Gasteiger partial charge in [-0.05, 0) is 49.3 Å². The number of rotatable bonds is 5. The molecule has 1 rings (SSSR count). The first kappa shape index (κ1) is 12.8. The molecule has 1 N–H and O–H groups in total. The normalized spacial score (nSPS) is 12.4. The summed E-state index contributed by atoms with van der Waals surface area (Å²) < 4.78 is 0. The molecule has 1 unspecified atom stereocenters. The summed E-state index contributed by atoms with van der Waals surface area (Å²) in [5.41, 5.74) is 3.92. The predicted octanol–water partition coefficient (Wildman–Crippen LogP) is 3.35. The van der Waals surface area contributed by atoms with Gasteiger partial charge in [-0.3, -0.25) is 4.79 Å². The highest BCUT2D eigenvalue weighted by atomic mass is 16.4. The molecule has 16 heavy (non-hydrogen) atoms. The van der Waals surface area contributed by atoms with Gasteiger partial charge in [-0.15, -0.1) is 0 Å². The third kappa shape index (κ3) is 4.05. The van der Waals surface area contributed by atoms with Crippen molar-refractivity contribution in [2.24, 2.45) is 5.92 Å². The van der Waals surface area contributed by atoms with E-state index < -0.39 is 5.97 Å². The molecule has 0 fully saturated rings. The van der Waals surface area contributed by atoms with E-state index in [2.05, 4.69) is 32.0 Å². The van der Waals surface area contributed by atoms with E-state index in [-0.39, 0.29) is 12.3 Å². The van der Waals surface area contributed by atoms with Gasteiger partial charge in [0.25, 0.3) is 0 Å². The van der Waals surface area contributed by atoms with Crippen LogP contribution in [0.5, 0.6) is 0 Å². The zero-order valence-electron chi connectivity index (χ0n) is 10.3. The number of carbonyl (C=O) groups is 1. The summed E-state index contributed by atoms with van der Waals surface area (Å²) in [6.07, 6.45) is 2.18. The number of carboxylic acid groups (broad SMARTS) is 1. The fourth-order valence-electron chi connectivity index (χ4n) is 1.77. The second kappa shape index (κ2) is 5.69. The molecule has 0 aliphatic heterocycles. The van der Waals surface area contributed by atoms with Crippen LogP contribution in [0.25, 0.3) is 0 Å². The Labute approximate surface area is 97.3 Å². The fourth-order valence-corrected chi connectivity index (χ4v) is 1.77. The Morgan fingerprint density at radius 1 is 1.31 bits per heavy atom. The Morgan fingerprint density at radius 2 is 2.00 bits per heavy atom. The molecule has 1 atom stereocenters. The van der Waals surface area contributed by atoms with Crippen LogP contribution in [0.2, 0.25) is 0 Å². The average molecular weight is 220 g/mol. The van der Waals surface area contributed by atoms with Gasteiger partial charge in [0, 0.05) is 6.42 Å². The van der Waals surface area contributed by atoms with Crippen LogP contribution < -0.4 is 0 Å². The standard InChI is InChI=1S/C14H20O2/c1-10(8-14(15)16)4-6-13-7-5-11(2)12(3)9-13/h5,7,9-10H,4,6,8H2,1-3H3,(H,15,16). The van der Waals surface area contributed by atoms with Gasteiger partial charge in [-0.1, -0.05) is 25.1 Å². The number of hydrogen-bond donors (Lipinski definition) is 1. The summed E-state index contributed by atoms with van der Waals surface area (Å²) in [5, 5.41) is 8.66. The number of benzene rings is 1. The van der Waals surface area contributed by atoms with E-state index in [9.17, 15) is 4.79 Å². The van der Waals surface area contributed by atoms with E-state index in [1.165, 1.54) is 16.7 Å². The molecular weight excluding hydrogens is 200 g/mol. The molecule has 88 valence electrons. The van der Waals surface area contributed by atoms with Gasteiger partial charge in [0.1, 0.15) is 0 Å². The van der Waals surface area contributed by atoms with E-state index in [4.69, 9.17) is 5.11 Å². The van der Waals surface area contributed by atoms with Crippen molar-refractivity contribution >= 4 is 5.97 Å². The zero-order chi connectivity index (χ0) is 12.1. The van der Waals surface area contributed by atoms with Crippen molar-refractivity contribution in [3.63, 3.8) is 0 Å². The maximum atomic E-state index is 10.5. The van der Waals surface area contributed by atoms with Crippen molar-refractivity contribution in [1.82, 2.24) is 0 Å². The highest BCUT2D eigenvalue weighted by Crippen LogP contribution is 2.15. The van der Waals surface area contributed by atoms with E-state index in [0.29, 0.717) is 0 Å². The van der Waals surface area contributed by atoms with Crippen LogP contribution in [0, 0.1) is 19.8 Å². The Hall–Kier alpha value is -1.31. The molecule has 0 heterocycles. The molecule has 0 saturated heterocycles. The van der Waals surface area contributed by atoms with E-state index in [0.717, 1.165) is 12.8 Å². The second-order valence-corrected chi connectivity index (χ2v) is 4.66. The van der Waals surface area contributed by atoms with Crippen LogP contribution in [-0.2, 0) is 11.2 Å². The van der Waals surface area contributed by atoms with Crippen molar-refractivity contribution in [1.29, 1.82) is 0 Å². The Kier molecular flexibility index (Phi) is 4.53. The lowest BCUT2D eigenvalue weighted by atomic mass is 9.96. The van der Waals surface area contributed by atoms with Crippen LogP contribution in [-0.4, -0.2) is 11.1 Å². The highest BCUT2D eigenvalue weighted by molar-refractivity contribution is 5.66. The molecular formula is C14H20O2. The smallest absolute Gasteiger partial charge is 0.303 e. The molecule has 0 saturated carbocycles. The van der Waals surface area contributed by atoms with Crippen LogP contribution in [0.15, 0.2) is 18.2 Å². The topological polar surface area (TPSA) is 37.3 Å². The number of aryl methyl sites for hydroxylation is 3. The predicted molar refractivity (Wildman–Crippen MR) is 65.7 cm³/mol. The van der Waals surface area contributed by atoms with Crippen molar-refractivity contribution in [3.05, 3.63) is 34.9 Å². The van der Waals surface area contributed by atoms with Crippen LogP contribution in [0.3, 0.4) is 0 Å². The van der Waals surface area contributed by atoms with Gasteiger partial charge in [-0.2, -0.15) is 0 Å². The summed E-state index contributed by atoms with van der Waals surface area (Å²) in [6, 6.07) is 6.46. The lowest BCUT2D eigenvalue weighted by Gasteiger charge is -2.09. The summed E-state index contributed by atoms with van der Waals surface area (Å²) in [5.74, 6) is -0.452. The SMILES string of the molecule is Cc1ccc(CCC(C)CC(=O)O)cc1C. The van der Waals surface area contributed by atoms with Crippen LogP contribution >= 0.6 is 0 Å². The summed E-state index contributed by atoms with van der Waals surface area (Å²) in [6.45, 7) is 6.21. The molecule has 1 aromatic rings. The molecule has 1 aromatic carbocycles. The highest BCUT2D eigenvalue weighted by Gasteiger charge is 2.07. The molecule has 0 spiro atoms. The van der Waals surface area contributed by atoms with Gasteiger partial charge in [0.05, 0.1) is 0 Å². The first-order valence-corrected chi connectivity index (χ1v) is 5.77. The van der Waals surface area contributed by atoms with Crippen molar-refractivity contribution in [2.45, 2.75) is 40.0 Å². The molecule has 2 nitrogen and oxygen atoms in total. The molecule has 0 aliphatic carbocycles. The van der Waals surface area contributed by atoms with E-state index >= 15 is 0 Å². The number of aliphatic carboxylic acids is 1. The third-order valence-corrected chi connectivity index (χ3v) is 3.02. The summed E-state index contributed by atoms with van der Waals surface area (Å²) in [4.78, 5) is 10.5. The Morgan fingerprint density at radius 3 is 2.56 bits per heavy atom. The summed E-state index contributed by atoms with van der Waals surface area (Å²) >= 11 is 0. The lowest BCUT2D eigenvalue weighted by Crippen LogP contribution is -2.05. The molecule has 0 aromatic heterocycles. The van der Waals surface area contributed by atoms with Gasteiger partial charge < -0.3 is 5.11 Å². The first-order valence-electron chi connectivity index (χ1n) is 5.77. The van der Waals surface area contributed by atoms with Gasteiger partial charge in [-0.25, -0.2) is 0 Å². The minimum Gasteiger partial charge on any atom is -0.481 e. The number of carboxylic acids is 1. The van der Waals surface area contributed by atoms with Crippen molar-refractivity contribution < 1.29 is 9.90 Å². The quantitative estimate of drug-likeness (QED) is 0.826. The third-order valence-electron chi connectivity index (χ3n) is 3.02. The van der Waals surface area contributed by atoms with Crippen molar-refractivity contribution in [2.75, 3.05) is 0 Å². The molecule has 2 heteroatoms. The monoisotopic (exact) mass is 220 g/mol. The average Bonchev–Trinajstić information content (AvgIpc) is 2.19. The minimum absolute atomic E-state index is 0.249. The van der Waals surface area contributed by atoms with Crippen LogP contribution in [0.1, 0.15) is 36.5 Å². The van der Waals surface area contributed by atoms with E-state index in [1.807, 2.05) is 6.92 Å². The Bertz CT molecular complexity index is 369. The maximum Gasteiger partial charge on any atom is 0.303 e. The minimum atomic E-state index is -0.701. The van der Waals surface area contributed by atoms with Crippen molar-refractivity contribution in [3.8, 4) is 0 Å². The van der Waals surface area contributed by atoms with Crippen LogP contribution in [0.4, 0.5) is 0 Å². The number of hydrogen-bond acceptors (Lipinski definition) is 1. The van der Waals surface area contributed by atoms with Gasteiger partial charge in [0.2, 0.25) is 0 Å². The largest absolute Gasteiger partial charge is 0.481 e. The molecule has 0 radical (unpaired) electrons. The van der Waals surface area contributed by atoms with Gasteiger partial charge >= 0.3 is 5.97 Å². The Balaban J connectivity index is 2.48.